The van der Waals surface area contributed by atoms with Gasteiger partial charge in [-0.15, -0.1) is 12.6 Å². The van der Waals surface area contributed by atoms with Gasteiger partial charge in [0.1, 0.15) is 4.87 Å². The van der Waals surface area contributed by atoms with Crippen LogP contribution < -0.4 is 16.0 Å². The van der Waals surface area contributed by atoms with E-state index in [1.807, 2.05) is 36.4 Å². The molecule has 1 unspecified atom stereocenters. The molecule has 0 fully saturated rings. The van der Waals surface area contributed by atoms with Crippen LogP contribution >= 0.6 is 24.8 Å². The molecule has 0 saturated carbocycles. The number of rotatable bonds is 0. The summed E-state index contributed by atoms with van der Waals surface area (Å²) in [5, 5.41) is 5.45. The van der Waals surface area contributed by atoms with Crippen LogP contribution in [0.25, 0.3) is 18.2 Å². The number of allylic oxidation sites excluding steroid dienone is 2. The van der Waals surface area contributed by atoms with Crippen molar-refractivity contribution in [3.8, 4) is 0 Å². The average molecular weight is 377 g/mol. The second-order valence-electron chi connectivity index (χ2n) is 6.67. The van der Waals surface area contributed by atoms with Gasteiger partial charge in [-0.05, 0) is 60.7 Å². The van der Waals surface area contributed by atoms with Crippen molar-refractivity contribution in [1.82, 2.24) is 15.3 Å². The Hall–Kier alpha value is -2.57. The van der Waals surface area contributed by atoms with Crippen LogP contribution in [-0.2, 0) is 0 Å². The van der Waals surface area contributed by atoms with E-state index in [1.165, 1.54) is 0 Å². The summed E-state index contributed by atoms with van der Waals surface area (Å²) in [4.78, 5) is 11.8. The fourth-order valence-electron chi connectivity index (χ4n) is 3.36. The van der Waals surface area contributed by atoms with E-state index < -0.39 is 4.87 Å². The zero-order valence-electron chi connectivity index (χ0n) is 13.8. The number of H-pyrrole nitrogens is 2. The third-order valence-corrected chi connectivity index (χ3v) is 5.28. The first-order chi connectivity index (χ1) is 12.5. The van der Waals surface area contributed by atoms with Gasteiger partial charge in [0.05, 0.1) is 16.3 Å². The maximum atomic E-state index is 5.51. The van der Waals surface area contributed by atoms with E-state index in [0.29, 0.717) is 6.42 Å². The third-order valence-electron chi connectivity index (χ3n) is 4.54. The molecule has 8 bridgehead atoms. The molecule has 128 valence electrons. The van der Waals surface area contributed by atoms with Crippen LogP contribution in [0.15, 0.2) is 58.9 Å². The van der Waals surface area contributed by atoms with Gasteiger partial charge in [0, 0.05) is 34.2 Å². The Kier molecular flexibility index (Phi) is 3.45. The van der Waals surface area contributed by atoms with Gasteiger partial charge in [-0.2, -0.15) is 0 Å². The van der Waals surface area contributed by atoms with Crippen LogP contribution in [0.4, 0.5) is 0 Å². The molecule has 26 heavy (non-hydrogen) atoms. The number of nitrogens with zero attached hydrogens (tertiary/aromatic N) is 1. The van der Waals surface area contributed by atoms with Crippen LogP contribution in [0.5, 0.6) is 0 Å². The van der Waals surface area contributed by atoms with Crippen LogP contribution in [0.3, 0.4) is 0 Å². The number of thiocarbonyl (C=S) groups is 1. The zero-order chi connectivity index (χ0) is 17.7. The van der Waals surface area contributed by atoms with Gasteiger partial charge < -0.3 is 15.3 Å². The summed E-state index contributed by atoms with van der Waals surface area (Å²) < 4.78 is 0. The van der Waals surface area contributed by atoms with E-state index in [1.54, 1.807) is 0 Å². The number of aromatic amines is 2. The molecule has 3 N–H and O–H groups in total. The van der Waals surface area contributed by atoms with Crippen LogP contribution in [0, 0.1) is 0 Å². The predicted octanol–water partition coefficient (Wildman–Crippen LogP) is 2.19. The average Bonchev–Trinajstić information content (AvgIpc) is 3.33. The van der Waals surface area contributed by atoms with Crippen molar-refractivity contribution in [3.63, 3.8) is 0 Å². The Bertz CT molecular complexity index is 1170. The summed E-state index contributed by atoms with van der Waals surface area (Å²) in [7, 11) is 0. The van der Waals surface area contributed by atoms with Gasteiger partial charge >= 0.3 is 0 Å². The monoisotopic (exact) mass is 376 g/mol. The number of aliphatic imine (C=N–C) groups is 1. The summed E-state index contributed by atoms with van der Waals surface area (Å²) in [6.45, 7) is 0. The minimum Gasteiger partial charge on any atom is -0.358 e. The number of fused-ring (bicyclic) bond motifs is 7. The zero-order valence-corrected chi connectivity index (χ0v) is 15.5. The van der Waals surface area contributed by atoms with Crippen LogP contribution in [0.1, 0.15) is 17.8 Å². The largest absolute Gasteiger partial charge is 0.358 e. The van der Waals surface area contributed by atoms with Gasteiger partial charge in [0.15, 0.2) is 0 Å². The standard InChI is InChI=1S/C20H16N4S2/c25-19-10-17-11-20(26)6-5-16(24-20)8-14-2-1-12(21-14)7-13-3-4-15(22-13)9-18(19)23-17/h1-10,21-23,26H,11H2. The Morgan fingerprint density at radius 1 is 0.962 bits per heavy atom. The molecule has 4 nitrogen and oxygen atoms in total. The van der Waals surface area contributed by atoms with Crippen molar-refractivity contribution in [2.24, 2.45) is 4.99 Å². The van der Waals surface area contributed by atoms with Gasteiger partial charge in [0.2, 0.25) is 0 Å². The second kappa shape index (κ2) is 5.72. The molecule has 5 heterocycles. The molecule has 0 aliphatic carbocycles. The van der Waals surface area contributed by atoms with Crippen molar-refractivity contribution in [1.29, 1.82) is 0 Å². The molecular formula is C20H16N4S2. The summed E-state index contributed by atoms with van der Waals surface area (Å²) in [5.74, 6) is 0. The highest BCUT2D eigenvalue weighted by atomic mass is 32.1. The Morgan fingerprint density at radius 3 is 2.58 bits per heavy atom. The highest BCUT2D eigenvalue weighted by Gasteiger charge is 2.29. The molecule has 2 aromatic rings. The molecule has 1 atom stereocenters. The Morgan fingerprint density at radius 2 is 1.73 bits per heavy atom. The summed E-state index contributed by atoms with van der Waals surface area (Å²) >= 11 is 10.3. The lowest BCUT2D eigenvalue weighted by atomic mass is 10.1. The molecule has 3 aliphatic heterocycles. The molecule has 5 rings (SSSR count). The molecule has 0 aromatic carbocycles. The molecule has 0 amide bonds. The molecule has 0 spiro atoms. The van der Waals surface area contributed by atoms with E-state index in [-0.39, 0.29) is 0 Å². The summed E-state index contributed by atoms with van der Waals surface area (Å²) in [6, 6.07) is 8.21. The van der Waals surface area contributed by atoms with Crippen molar-refractivity contribution in [3.05, 3.63) is 76.0 Å². The molecule has 2 aromatic heterocycles. The topological polar surface area (TPSA) is 56.0 Å². The number of nitrogens with one attached hydrogen (secondary N) is 3. The summed E-state index contributed by atoms with van der Waals surface area (Å²) in [6.07, 6.45) is 12.8. The van der Waals surface area contributed by atoms with Gasteiger partial charge in [0.25, 0.3) is 0 Å². The number of aromatic nitrogens is 2. The highest BCUT2D eigenvalue weighted by molar-refractivity contribution is 7.82. The van der Waals surface area contributed by atoms with E-state index in [0.717, 1.165) is 44.1 Å². The molecule has 6 heteroatoms. The molecule has 0 saturated heterocycles. The van der Waals surface area contributed by atoms with Crippen molar-refractivity contribution < 1.29 is 0 Å². The van der Waals surface area contributed by atoms with Crippen molar-refractivity contribution >= 4 is 53.7 Å². The fourth-order valence-corrected chi connectivity index (χ4v) is 3.98. The second-order valence-corrected chi connectivity index (χ2v) is 7.88. The van der Waals surface area contributed by atoms with Crippen molar-refractivity contribution in [2.45, 2.75) is 11.3 Å². The number of thiol groups is 1. The molecule has 3 aliphatic rings. The predicted molar refractivity (Wildman–Crippen MR) is 114 cm³/mol. The number of hydrogen-bond donors (Lipinski definition) is 4. The van der Waals surface area contributed by atoms with Gasteiger partial charge in [-0.3, -0.25) is 4.99 Å². The van der Waals surface area contributed by atoms with E-state index in [2.05, 4.69) is 39.6 Å². The number of hydrogen-bond acceptors (Lipinski definition) is 4. The highest BCUT2D eigenvalue weighted by Crippen LogP contribution is 2.32. The third kappa shape index (κ3) is 2.91. The normalized spacial score (nSPS) is 23.6. The fraction of sp³-hybridized carbons (Fsp3) is 0.100. The van der Waals surface area contributed by atoms with E-state index >= 15 is 0 Å². The molecular weight excluding hydrogens is 360 g/mol. The quantitative estimate of drug-likeness (QED) is 0.421. The van der Waals surface area contributed by atoms with Gasteiger partial charge in [-0.25, -0.2) is 0 Å². The van der Waals surface area contributed by atoms with Crippen LogP contribution in [0.2, 0.25) is 0 Å². The first-order valence-electron chi connectivity index (χ1n) is 8.37. The SMILES string of the molecule is S=C1C=C2CC3(S)C=CC(=N3)C=c3ccc([nH]3)=Cc3ccc([nH]3)C=C1N2. The van der Waals surface area contributed by atoms with Crippen LogP contribution in [-0.4, -0.2) is 25.4 Å². The minimum absolute atomic E-state index is 0.562. The Balaban J connectivity index is 1.67. The van der Waals surface area contributed by atoms with Crippen molar-refractivity contribution in [2.75, 3.05) is 0 Å². The minimum atomic E-state index is -0.562. The maximum absolute atomic E-state index is 5.51. The van der Waals surface area contributed by atoms with Gasteiger partial charge in [-0.1, -0.05) is 12.2 Å². The summed E-state index contributed by atoms with van der Waals surface area (Å²) in [5.41, 5.74) is 4.88. The van der Waals surface area contributed by atoms with E-state index in [9.17, 15) is 0 Å². The smallest absolute Gasteiger partial charge is 0.128 e. The first kappa shape index (κ1) is 15.7. The lowest BCUT2D eigenvalue weighted by Crippen LogP contribution is -2.19. The Labute approximate surface area is 161 Å². The lowest BCUT2D eigenvalue weighted by molar-refractivity contribution is 0.730. The van der Waals surface area contributed by atoms with E-state index in [4.69, 9.17) is 29.8 Å². The maximum Gasteiger partial charge on any atom is 0.128 e. The first-order valence-corrected chi connectivity index (χ1v) is 9.23. The lowest BCUT2D eigenvalue weighted by Gasteiger charge is -2.18. The molecule has 0 radical (unpaired) electrons.